The summed E-state index contributed by atoms with van der Waals surface area (Å²) in [5.41, 5.74) is 5.67. The quantitative estimate of drug-likeness (QED) is 0.881. The molecule has 0 amide bonds. The van der Waals surface area contributed by atoms with Crippen molar-refractivity contribution in [3.8, 4) is 5.75 Å². The molecule has 1 saturated heterocycles. The molecule has 0 bridgehead atoms. The first-order chi connectivity index (χ1) is 9.31. The summed E-state index contributed by atoms with van der Waals surface area (Å²) in [6.45, 7) is 6.68. The number of benzene rings is 1. The van der Waals surface area contributed by atoms with Crippen LogP contribution in [0.15, 0.2) is 23.9 Å². The van der Waals surface area contributed by atoms with Crippen LogP contribution in [0.5, 0.6) is 5.75 Å². The molecule has 0 radical (unpaired) electrons. The van der Waals surface area contributed by atoms with E-state index in [1.807, 2.05) is 0 Å². The maximum absolute atomic E-state index is 5.55. The van der Waals surface area contributed by atoms with Crippen LogP contribution < -0.4 is 10.1 Å². The Morgan fingerprint density at radius 3 is 2.68 bits per heavy atom. The van der Waals surface area contributed by atoms with Gasteiger partial charge < -0.3 is 15.0 Å². The lowest BCUT2D eigenvalue weighted by atomic mass is 9.88. The van der Waals surface area contributed by atoms with Crippen LogP contribution in [0.1, 0.15) is 24.5 Å². The molecule has 3 nitrogen and oxygen atoms in total. The Balaban J connectivity index is 2.01. The zero-order valence-corrected chi connectivity index (χ0v) is 11.8. The van der Waals surface area contributed by atoms with Gasteiger partial charge >= 0.3 is 0 Å². The van der Waals surface area contributed by atoms with Gasteiger partial charge in [-0.1, -0.05) is 12.1 Å². The van der Waals surface area contributed by atoms with Crippen molar-refractivity contribution in [1.29, 1.82) is 0 Å². The lowest BCUT2D eigenvalue weighted by Crippen LogP contribution is -2.43. The van der Waals surface area contributed by atoms with Gasteiger partial charge in [0.2, 0.25) is 0 Å². The number of nitrogens with zero attached hydrogens (tertiary/aromatic N) is 1. The molecule has 102 valence electrons. The minimum absolute atomic E-state index is 1.02. The van der Waals surface area contributed by atoms with Gasteiger partial charge in [0.15, 0.2) is 0 Å². The molecule has 1 aromatic rings. The van der Waals surface area contributed by atoms with Crippen LogP contribution in [0.2, 0.25) is 0 Å². The summed E-state index contributed by atoms with van der Waals surface area (Å²) in [6, 6.07) is 6.40. The molecular formula is C16H22N2O. The lowest BCUT2D eigenvalue weighted by Gasteiger charge is -2.35. The van der Waals surface area contributed by atoms with Crippen molar-refractivity contribution in [3.05, 3.63) is 35.0 Å². The molecule has 0 spiro atoms. The standard InChI is InChI=1S/C16H22N2O/c1-12-14(18-10-8-17-9-11-18)7-6-13-4-3-5-15(19-2)16(12)13/h3-5,17H,6-11H2,1-2H3. The Hall–Kier alpha value is -1.48. The summed E-state index contributed by atoms with van der Waals surface area (Å²) in [5, 5.41) is 3.42. The number of ether oxygens (including phenoxy) is 1. The summed E-state index contributed by atoms with van der Waals surface area (Å²) < 4.78 is 5.55. The fourth-order valence-corrected chi connectivity index (χ4v) is 3.30. The number of nitrogens with one attached hydrogen (secondary N) is 1. The Morgan fingerprint density at radius 1 is 1.16 bits per heavy atom. The Labute approximate surface area is 115 Å². The topological polar surface area (TPSA) is 24.5 Å². The van der Waals surface area contributed by atoms with Gasteiger partial charge in [-0.05, 0) is 37.0 Å². The highest BCUT2D eigenvalue weighted by molar-refractivity contribution is 5.75. The minimum atomic E-state index is 1.02. The first-order valence-electron chi connectivity index (χ1n) is 7.13. The van der Waals surface area contributed by atoms with Gasteiger partial charge in [0.25, 0.3) is 0 Å². The summed E-state index contributed by atoms with van der Waals surface area (Å²) >= 11 is 0. The molecule has 0 saturated carbocycles. The van der Waals surface area contributed by atoms with Crippen LogP contribution >= 0.6 is 0 Å². The van der Waals surface area contributed by atoms with Crippen molar-refractivity contribution in [2.24, 2.45) is 0 Å². The van der Waals surface area contributed by atoms with Gasteiger partial charge in [0.1, 0.15) is 5.75 Å². The van der Waals surface area contributed by atoms with Crippen molar-refractivity contribution in [1.82, 2.24) is 10.2 Å². The highest BCUT2D eigenvalue weighted by atomic mass is 16.5. The molecule has 1 fully saturated rings. The van der Waals surface area contributed by atoms with E-state index in [9.17, 15) is 0 Å². The average Bonchev–Trinajstić information content (AvgIpc) is 2.48. The van der Waals surface area contributed by atoms with Crippen molar-refractivity contribution in [2.75, 3.05) is 33.3 Å². The first-order valence-corrected chi connectivity index (χ1v) is 7.13. The molecule has 0 aromatic heterocycles. The van der Waals surface area contributed by atoms with Crippen LogP contribution in [0.25, 0.3) is 5.57 Å². The molecular weight excluding hydrogens is 236 g/mol. The average molecular weight is 258 g/mol. The molecule has 0 unspecified atom stereocenters. The Kier molecular flexibility index (Phi) is 3.47. The van der Waals surface area contributed by atoms with Gasteiger partial charge in [-0.15, -0.1) is 0 Å². The second-order valence-electron chi connectivity index (χ2n) is 5.30. The second kappa shape index (κ2) is 5.25. The molecule has 1 heterocycles. The molecule has 3 heteroatoms. The van der Waals surface area contributed by atoms with Crippen LogP contribution in [-0.2, 0) is 6.42 Å². The third-order valence-corrected chi connectivity index (χ3v) is 4.27. The van der Waals surface area contributed by atoms with E-state index in [1.165, 1.54) is 22.4 Å². The number of aryl methyl sites for hydroxylation is 1. The zero-order valence-electron chi connectivity index (χ0n) is 11.8. The molecule has 1 aromatic carbocycles. The number of methoxy groups -OCH3 is 1. The van der Waals surface area contributed by atoms with E-state index in [0.717, 1.165) is 44.8 Å². The summed E-state index contributed by atoms with van der Waals surface area (Å²) in [7, 11) is 1.77. The van der Waals surface area contributed by atoms with E-state index in [0.29, 0.717) is 0 Å². The Bertz CT molecular complexity index is 501. The highest BCUT2D eigenvalue weighted by Crippen LogP contribution is 2.38. The molecule has 1 N–H and O–H groups in total. The summed E-state index contributed by atoms with van der Waals surface area (Å²) in [4.78, 5) is 2.54. The van der Waals surface area contributed by atoms with E-state index >= 15 is 0 Å². The van der Waals surface area contributed by atoms with Gasteiger partial charge in [-0.3, -0.25) is 0 Å². The first kappa shape index (κ1) is 12.5. The monoisotopic (exact) mass is 258 g/mol. The van der Waals surface area contributed by atoms with Crippen LogP contribution in [0.3, 0.4) is 0 Å². The van der Waals surface area contributed by atoms with Gasteiger partial charge in [-0.2, -0.15) is 0 Å². The van der Waals surface area contributed by atoms with Gasteiger partial charge in [0.05, 0.1) is 7.11 Å². The van der Waals surface area contributed by atoms with Gasteiger partial charge in [0, 0.05) is 37.4 Å². The smallest absolute Gasteiger partial charge is 0.126 e. The third-order valence-electron chi connectivity index (χ3n) is 4.27. The largest absolute Gasteiger partial charge is 0.496 e. The molecule has 3 rings (SSSR count). The van der Waals surface area contributed by atoms with Crippen LogP contribution in [0.4, 0.5) is 0 Å². The molecule has 19 heavy (non-hydrogen) atoms. The highest BCUT2D eigenvalue weighted by Gasteiger charge is 2.23. The number of piperazine rings is 1. The normalized spacial score (nSPS) is 19.4. The number of fused-ring (bicyclic) bond motifs is 1. The number of hydrogen-bond acceptors (Lipinski definition) is 3. The maximum Gasteiger partial charge on any atom is 0.126 e. The number of rotatable bonds is 2. The number of hydrogen-bond donors (Lipinski definition) is 1. The van der Waals surface area contributed by atoms with E-state index in [-0.39, 0.29) is 0 Å². The summed E-state index contributed by atoms with van der Waals surface area (Å²) in [6.07, 6.45) is 2.29. The van der Waals surface area contributed by atoms with Gasteiger partial charge in [-0.25, -0.2) is 0 Å². The van der Waals surface area contributed by atoms with Crippen molar-refractivity contribution in [2.45, 2.75) is 19.8 Å². The van der Waals surface area contributed by atoms with Crippen molar-refractivity contribution >= 4 is 5.57 Å². The zero-order chi connectivity index (χ0) is 13.2. The van der Waals surface area contributed by atoms with Crippen LogP contribution in [0, 0.1) is 0 Å². The number of allylic oxidation sites excluding steroid dienone is 2. The minimum Gasteiger partial charge on any atom is -0.496 e. The molecule has 1 aliphatic carbocycles. The predicted octanol–water partition coefficient (Wildman–Crippen LogP) is 2.28. The SMILES string of the molecule is COc1cccc2c1C(C)=C(N1CCNCC1)CC2. The van der Waals surface area contributed by atoms with E-state index in [1.54, 1.807) is 7.11 Å². The fourth-order valence-electron chi connectivity index (χ4n) is 3.30. The van der Waals surface area contributed by atoms with E-state index in [4.69, 9.17) is 4.74 Å². The predicted molar refractivity (Wildman–Crippen MR) is 78.4 cm³/mol. The van der Waals surface area contributed by atoms with E-state index < -0.39 is 0 Å². The fraction of sp³-hybridized carbons (Fsp3) is 0.500. The maximum atomic E-state index is 5.55. The molecule has 0 atom stereocenters. The van der Waals surface area contributed by atoms with E-state index in [2.05, 4.69) is 35.3 Å². The second-order valence-corrected chi connectivity index (χ2v) is 5.30. The van der Waals surface area contributed by atoms with Crippen molar-refractivity contribution < 1.29 is 4.74 Å². The molecule has 2 aliphatic rings. The Morgan fingerprint density at radius 2 is 1.95 bits per heavy atom. The third kappa shape index (κ3) is 2.23. The lowest BCUT2D eigenvalue weighted by molar-refractivity contribution is 0.290. The molecule has 1 aliphatic heterocycles. The summed E-state index contributed by atoms with van der Waals surface area (Å²) in [5.74, 6) is 1.02. The van der Waals surface area contributed by atoms with Crippen molar-refractivity contribution in [3.63, 3.8) is 0 Å². The van der Waals surface area contributed by atoms with Crippen LogP contribution in [-0.4, -0.2) is 38.2 Å².